The van der Waals surface area contributed by atoms with E-state index in [1.165, 1.54) is 17.0 Å². The molecule has 1 heterocycles. The lowest BCUT2D eigenvalue weighted by Crippen LogP contribution is -2.55. The van der Waals surface area contributed by atoms with E-state index in [0.29, 0.717) is 17.7 Å². The first-order valence-corrected chi connectivity index (χ1v) is 9.64. The Labute approximate surface area is 175 Å². The van der Waals surface area contributed by atoms with Crippen molar-refractivity contribution in [2.75, 3.05) is 43.1 Å². The number of rotatable bonds is 8. The van der Waals surface area contributed by atoms with Crippen molar-refractivity contribution in [2.24, 2.45) is 11.7 Å². The normalized spacial score (nSPS) is 18.2. The number of morpholine rings is 1. The predicted octanol–water partition coefficient (Wildman–Crippen LogP) is 1.26. The van der Waals surface area contributed by atoms with Gasteiger partial charge in [-0.2, -0.15) is 13.2 Å². The second kappa shape index (κ2) is 9.18. The third-order valence-electron chi connectivity index (χ3n) is 4.96. The number of hydrogen-bond acceptors (Lipinski definition) is 5. The Hall–Kier alpha value is -2.73. The first-order valence-electron chi connectivity index (χ1n) is 9.64. The van der Waals surface area contributed by atoms with Crippen LogP contribution in [0.5, 0.6) is 0 Å². The second-order valence-corrected chi connectivity index (χ2v) is 7.54. The molecule has 3 N–H and O–H groups in total. The van der Waals surface area contributed by atoms with Gasteiger partial charge in [-0.15, -0.1) is 0 Å². The highest BCUT2D eigenvalue weighted by molar-refractivity contribution is 6.09. The number of ether oxygens (including phenoxy) is 1. The largest absolute Gasteiger partial charge is 0.401 e. The fourth-order valence-electron chi connectivity index (χ4n) is 3.36. The number of benzene rings is 1. The van der Waals surface area contributed by atoms with E-state index in [-0.39, 0.29) is 49.5 Å². The lowest BCUT2D eigenvalue weighted by molar-refractivity contribution is -0.157. The zero-order valence-electron chi connectivity index (χ0n) is 16.5. The second-order valence-electron chi connectivity index (χ2n) is 7.54. The van der Waals surface area contributed by atoms with Gasteiger partial charge in [0.2, 0.25) is 5.91 Å². The molecule has 1 aliphatic carbocycles. The van der Waals surface area contributed by atoms with Crippen molar-refractivity contribution < 1.29 is 36.7 Å². The summed E-state index contributed by atoms with van der Waals surface area (Å²) in [6, 6.07) is 1.63. The highest BCUT2D eigenvalue weighted by Crippen LogP contribution is 2.32. The van der Waals surface area contributed by atoms with Crippen LogP contribution in [0.4, 0.5) is 28.9 Å². The van der Waals surface area contributed by atoms with Gasteiger partial charge in [0.15, 0.2) is 6.04 Å². The first kappa shape index (κ1) is 22.9. The molecule has 1 saturated carbocycles. The fraction of sp³-hybridized carbons (Fsp3) is 0.526. The summed E-state index contributed by atoms with van der Waals surface area (Å²) in [6.45, 7) is -1.26. The van der Waals surface area contributed by atoms with Gasteiger partial charge in [-0.05, 0) is 37.0 Å². The van der Waals surface area contributed by atoms with Crippen LogP contribution in [0.25, 0.3) is 0 Å². The van der Waals surface area contributed by atoms with E-state index in [9.17, 15) is 31.9 Å². The number of nitrogens with two attached hydrogens (primary N) is 1. The summed E-state index contributed by atoms with van der Waals surface area (Å²) < 4.78 is 58.5. The van der Waals surface area contributed by atoms with Crippen molar-refractivity contribution >= 4 is 29.1 Å². The van der Waals surface area contributed by atoms with Crippen molar-refractivity contribution in [2.45, 2.75) is 25.1 Å². The molecule has 3 amide bonds. The van der Waals surface area contributed by atoms with Crippen molar-refractivity contribution in [3.8, 4) is 0 Å². The van der Waals surface area contributed by atoms with Gasteiger partial charge in [0.1, 0.15) is 12.4 Å². The number of anilines is 2. The summed E-state index contributed by atoms with van der Waals surface area (Å²) in [5.41, 5.74) is 5.11. The van der Waals surface area contributed by atoms with E-state index in [1.54, 1.807) is 0 Å². The Morgan fingerprint density at radius 3 is 2.58 bits per heavy atom. The molecule has 2 fully saturated rings. The molecule has 8 nitrogen and oxygen atoms in total. The minimum absolute atomic E-state index is 0.0564. The number of carbonyl (C=O) groups excluding carboxylic acids is 3. The Balaban J connectivity index is 1.76. The summed E-state index contributed by atoms with van der Waals surface area (Å²) in [5.74, 6) is -3.76. The molecule has 12 heteroatoms. The maximum Gasteiger partial charge on any atom is 0.401 e. The lowest BCUT2D eigenvalue weighted by atomic mass is 10.1. The van der Waals surface area contributed by atoms with Crippen LogP contribution in [-0.4, -0.2) is 67.7 Å². The van der Waals surface area contributed by atoms with Gasteiger partial charge in [-0.3, -0.25) is 19.3 Å². The SMILES string of the molecule is NC(=O)[C@@H](C(=O)Nc1ccc(N2CCOCC2=O)cc1F)N(CC1CC1)CC(F)(F)F. The first-order chi connectivity index (χ1) is 14.5. The third kappa shape index (κ3) is 6.14. The maximum absolute atomic E-state index is 14.6. The van der Waals surface area contributed by atoms with Crippen LogP contribution >= 0.6 is 0 Å². The Kier molecular flexibility index (Phi) is 6.80. The quantitative estimate of drug-likeness (QED) is 0.462. The van der Waals surface area contributed by atoms with E-state index < -0.39 is 36.4 Å². The predicted molar refractivity (Wildman–Crippen MR) is 102 cm³/mol. The van der Waals surface area contributed by atoms with Crippen molar-refractivity contribution in [3.05, 3.63) is 24.0 Å². The molecule has 2 aliphatic rings. The van der Waals surface area contributed by atoms with E-state index in [1.807, 2.05) is 0 Å². The van der Waals surface area contributed by atoms with Crippen LogP contribution in [0.15, 0.2) is 18.2 Å². The molecular weight excluding hydrogens is 424 g/mol. The summed E-state index contributed by atoms with van der Waals surface area (Å²) in [4.78, 5) is 38.3. The van der Waals surface area contributed by atoms with Gasteiger partial charge in [-0.25, -0.2) is 4.39 Å². The van der Waals surface area contributed by atoms with E-state index >= 15 is 0 Å². The number of alkyl halides is 3. The van der Waals surface area contributed by atoms with Crippen LogP contribution in [0, 0.1) is 11.7 Å². The van der Waals surface area contributed by atoms with Gasteiger partial charge in [0, 0.05) is 18.8 Å². The van der Waals surface area contributed by atoms with Crippen molar-refractivity contribution in [1.29, 1.82) is 0 Å². The molecular formula is C19H22F4N4O4. The average molecular weight is 446 g/mol. The molecule has 1 aromatic carbocycles. The number of hydrogen-bond donors (Lipinski definition) is 2. The molecule has 31 heavy (non-hydrogen) atoms. The molecule has 0 aromatic heterocycles. The topological polar surface area (TPSA) is 105 Å². The summed E-state index contributed by atoms with van der Waals surface area (Å²) in [6.07, 6.45) is -3.27. The molecule has 0 unspecified atom stereocenters. The monoisotopic (exact) mass is 446 g/mol. The van der Waals surface area contributed by atoms with E-state index in [4.69, 9.17) is 10.5 Å². The maximum atomic E-state index is 14.6. The standard InChI is InChI=1S/C19H22F4N4O4/c20-13-7-12(27-5-6-31-9-15(27)28)3-4-14(13)25-18(30)16(17(24)29)26(8-11-1-2-11)10-19(21,22)23/h3-4,7,11,16H,1-2,5-6,8-10H2,(H2,24,29)(H,25,30)/t16-/m0/s1. The van der Waals surface area contributed by atoms with Gasteiger partial charge >= 0.3 is 6.18 Å². The van der Waals surface area contributed by atoms with Gasteiger partial charge < -0.3 is 20.7 Å². The van der Waals surface area contributed by atoms with Crippen LogP contribution < -0.4 is 16.0 Å². The number of halogens is 4. The minimum Gasteiger partial charge on any atom is -0.370 e. The van der Waals surface area contributed by atoms with Gasteiger partial charge in [-0.1, -0.05) is 0 Å². The molecule has 1 atom stereocenters. The van der Waals surface area contributed by atoms with Crippen LogP contribution in [0.3, 0.4) is 0 Å². The lowest BCUT2D eigenvalue weighted by Gasteiger charge is -2.29. The highest BCUT2D eigenvalue weighted by atomic mass is 19.4. The number of carbonyl (C=O) groups is 3. The van der Waals surface area contributed by atoms with Crippen LogP contribution in [-0.2, 0) is 19.1 Å². The third-order valence-corrected chi connectivity index (χ3v) is 4.96. The number of primary amides is 1. The molecule has 1 saturated heterocycles. The minimum atomic E-state index is -4.65. The number of nitrogens with zero attached hydrogens (tertiary/aromatic N) is 2. The van der Waals surface area contributed by atoms with E-state index in [0.717, 1.165) is 6.07 Å². The molecule has 0 radical (unpaired) electrons. The number of nitrogens with one attached hydrogen (secondary N) is 1. The van der Waals surface area contributed by atoms with E-state index in [2.05, 4.69) is 5.32 Å². The zero-order chi connectivity index (χ0) is 22.8. The van der Waals surface area contributed by atoms with Crippen molar-refractivity contribution in [3.63, 3.8) is 0 Å². The number of amides is 3. The molecule has 1 aliphatic heterocycles. The molecule has 0 spiro atoms. The summed E-state index contributed by atoms with van der Waals surface area (Å²) >= 11 is 0. The molecule has 3 rings (SSSR count). The Bertz CT molecular complexity index is 860. The summed E-state index contributed by atoms with van der Waals surface area (Å²) in [5, 5.41) is 2.14. The Morgan fingerprint density at radius 2 is 2.03 bits per heavy atom. The molecule has 170 valence electrons. The van der Waals surface area contributed by atoms with Gasteiger partial charge in [0.25, 0.3) is 11.8 Å². The Morgan fingerprint density at radius 1 is 1.32 bits per heavy atom. The fourth-order valence-corrected chi connectivity index (χ4v) is 3.36. The van der Waals surface area contributed by atoms with Crippen LogP contribution in [0.1, 0.15) is 12.8 Å². The molecule has 1 aromatic rings. The summed E-state index contributed by atoms with van der Waals surface area (Å²) in [7, 11) is 0. The van der Waals surface area contributed by atoms with Gasteiger partial charge in [0.05, 0.1) is 18.8 Å². The average Bonchev–Trinajstić information content (AvgIpc) is 3.46. The van der Waals surface area contributed by atoms with Crippen molar-refractivity contribution in [1.82, 2.24) is 4.90 Å². The zero-order valence-corrected chi connectivity index (χ0v) is 16.5. The highest BCUT2D eigenvalue weighted by Gasteiger charge is 2.41. The molecule has 0 bridgehead atoms. The smallest absolute Gasteiger partial charge is 0.370 e. The van der Waals surface area contributed by atoms with Crippen LogP contribution in [0.2, 0.25) is 0 Å².